The van der Waals surface area contributed by atoms with Crippen molar-refractivity contribution in [3.63, 3.8) is 0 Å². The molecule has 1 aliphatic rings. The number of hydrogen-bond acceptors (Lipinski definition) is 7. The van der Waals surface area contributed by atoms with Gasteiger partial charge >= 0.3 is 4.87 Å². The number of rotatable bonds is 8. The van der Waals surface area contributed by atoms with Crippen molar-refractivity contribution < 1.29 is 9.47 Å². The van der Waals surface area contributed by atoms with Gasteiger partial charge in [0.1, 0.15) is 5.75 Å². The first-order valence-corrected chi connectivity index (χ1v) is 11.5. The van der Waals surface area contributed by atoms with Crippen molar-refractivity contribution in [1.82, 2.24) is 19.3 Å². The van der Waals surface area contributed by atoms with E-state index in [1.165, 1.54) is 11.3 Å². The van der Waals surface area contributed by atoms with Crippen LogP contribution in [0.5, 0.6) is 5.75 Å². The van der Waals surface area contributed by atoms with E-state index in [-0.39, 0.29) is 11.0 Å². The van der Waals surface area contributed by atoms with Crippen molar-refractivity contribution in [2.45, 2.75) is 44.1 Å². The molecule has 29 heavy (non-hydrogen) atoms. The monoisotopic (exact) mass is 432 g/mol. The third-order valence-electron chi connectivity index (χ3n) is 5.00. The summed E-state index contributed by atoms with van der Waals surface area (Å²) in [7, 11) is 1.66. The Hall–Kier alpha value is -2.10. The molecule has 1 fully saturated rings. The van der Waals surface area contributed by atoms with Gasteiger partial charge in [0.15, 0.2) is 11.0 Å². The van der Waals surface area contributed by atoms with E-state index in [4.69, 9.17) is 9.47 Å². The van der Waals surface area contributed by atoms with Crippen molar-refractivity contribution in [3.05, 3.63) is 45.0 Å². The highest BCUT2D eigenvalue weighted by Gasteiger charge is 2.22. The molecule has 9 heteroatoms. The number of thioether (sulfide) groups is 1. The standard InChI is InChI=1S/C20H24N4O3S2/c1-14-13-29-20(25)23(14)9-11-28-19-22-21-18(15-5-7-16(26-2)8-6-15)24(19)12-17-4-3-10-27-17/h5-8,13,17H,3-4,9-12H2,1-2H3. The van der Waals surface area contributed by atoms with Gasteiger partial charge in [-0.25, -0.2) is 0 Å². The Morgan fingerprint density at radius 1 is 1.28 bits per heavy atom. The molecule has 0 bridgehead atoms. The van der Waals surface area contributed by atoms with E-state index in [1.54, 1.807) is 18.9 Å². The molecule has 0 aliphatic carbocycles. The van der Waals surface area contributed by atoms with E-state index >= 15 is 0 Å². The fraction of sp³-hybridized carbons (Fsp3) is 0.450. The topological polar surface area (TPSA) is 71.2 Å². The van der Waals surface area contributed by atoms with E-state index < -0.39 is 0 Å². The fourth-order valence-corrected chi connectivity index (χ4v) is 5.04. The van der Waals surface area contributed by atoms with E-state index in [1.807, 2.05) is 41.1 Å². The molecule has 1 unspecified atom stereocenters. The SMILES string of the molecule is COc1ccc(-c2nnc(SCCn3c(C)csc3=O)n2CC2CCCO2)cc1. The van der Waals surface area contributed by atoms with E-state index in [0.717, 1.165) is 59.7 Å². The summed E-state index contributed by atoms with van der Waals surface area (Å²) in [6.07, 6.45) is 2.32. The van der Waals surface area contributed by atoms with Gasteiger partial charge < -0.3 is 14.0 Å². The second kappa shape index (κ2) is 9.15. The van der Waals surface area contributed by atoms with Crippen LogP contribution < -0.4 is 9.61 Å². The van der Waals surface area contributed by atoms with Gasteiger partial charge in [-0.2, -0.15) is 0 Å². The Labute approximate surface area is 177 Å². The molecule has 0 N–H and O–H groups in total. The third-order valence-corrected chi connectivity index (χ3v) is 6.83. The Balaban J connectivity index is 1.55. The molecule has 3 heterocycles. The van der Waals surface area contributed by atoms with Crippen LogP contribution >= 0.6 is 23.1 Å². The minimum absolute atomic E-state index is 0.0860. The van der Waals surface area contributed by atoms with Crippen LogP contribution in [0, 0.1) is 6.92 Å². The summed E-state index contributed by atoms with van der Waals surface area (Å²) in [5.74, 6) is 2.39. The minimum atomic E-state index is 0.0860. The van der Waals surface area contributed by atoms with E-state index in [0.29, 0.717) is 6.54 Å². The molecule has 1 aliphatic heterocycles. The molecule has 1 aromatic carbocycles. The lowest BCUT2D eigenvalue weighted by atomic mass is 10.2. The van der Waals surface area contributed by atoms with Crippen LogP contribution in [0.1, 0.15) is 18.5 Å². The Morgan fingerprint density at radius 2 is 2.10 bits per heavy atom. The highest BCUT2D eigenvalue weighted by atomic mass is 32.2. The second-order valence-electron chi connectivity index (χ2n) is 6.92. The van der Waals surface area contributed by atoms with Gasteiger partial charge in [0.2, 0.25) is 0 Å². The van der Waals surface area contributed by atoms with Crippen LogP contribution in [-0.2, 0) is 17.8 Å². The van der Waals surface area contributed by atoms with Crippen molar-refractivity contribution in [3.8, 4) is 17.1 Å². The molecule has 154 valence electrons. The predicted octanol–water partition coefficient (Wildman–Crippen LogP) is 3.46. The van der Waals surface area contributed by atoms with Gasteiger partial charge in [0, 0.05) is 35.5 Å². The molecule has 4 rings (SSSR count). The lowest BCUT2D eigenvalue weighted by Crippen LogP contribution is -2.18. The maximum atomic E-state index is 11.9. The summed E-state index contributed by atoms with van der Waals surface area (Å²) in [5.41, 5.74) is 1.99. The lowest BCUT2D eigenvalue weighted by Gasteiger charge is -2.15. The van der Waals surface area contributed by atoms with Crippen molar-refractivity contribution in [2.75, 3.05) is 19.5 Å². The number of nitrogens with zero attached hydrogens (tertiary/aromatic N) is 4. The van der Waals surface area contributed by atoms with Crippen LogP contribution in [0.2, 0.25) is 0 Å². The maximum absolute atomic E-state index is 11.9. The Bertz CT molecular complexity index is 1000. The normalized spacial score (nSPS) is 16.4. The molecule has 2 aromatic heterocycles. The summed E-state index contributed by atoms with van der Waals surface area (Å²) in [6.45, 7) is 4.16. The Morgan fingerprint density at radius 3 is 2.76 bits per heavy atom. The summed E-state index contributed by atoms with van der Waals surface area (Å²) in [5, 5.41) is 11.7. The number of benzene rings is 1. The van der Waals surface area contributed by atoms with E-state index in [9.17, 15) is 4.79 Å². The molecule has 0 radical (unpaired) electrons. The van der Waals surface area contributed by atoms with Crippen LogP contribution in [0.3, 0.4) is 0 Å². The molecule has 0 amide bonds. The maximum Gasteiger partial charge on any atom is 0.307 e. The van der Waals surface area contributed by atoms with Gasteiger partial charge in [0.05, 0.1) is 19.8 Å². The van der Waals surface area contributed by atoms with Crippen LogP contribution in [0.4, 0.5) is 0 Å². The van der Waals surface area contributed by atoms with Gasteiger partial charge in [-0.1, -0.05) is 23.1 Å². The molecular formula is C20H24N4O3S2. The average Bonchev–Trinajstić information content (AvgIpc) is 3.46. The van der Waals surface area contributed by atoms with Gasteiger partial charge in [0.25, 0.3) is 0 Å². The average molecular weight is 433 g/mol. The van der Waals surface area contributed by atoms with Crippen molar-refractivity contribution in [1.29, 1.82) is 0 Å². The molecule has 0 saturated carbocycles. The van der Waals surface area contributed by atoms with Gasteiger partial charge in [-0.3, -0.25) is 9.36 Å². The number of ether oxygens (including phenoxy) is 2. The molecule has 1 saturated heterocycles. The van der Waals surface area contributed by atoms with E-state index in [2.05, 4.69) is 14.8 Å². The molecule has 7 nitrogen and oxygen atoms in total. The number of aryl methyl sites for hydroxylation is 1. The number of hydrogen-bond donors (Lipinski definition) is 0. The zero-order valence-corrected chi connectivity index (χ0v) is 18.2. The first-order valence-electron chi connectivity index (χ1n) is 9.62. The third kappa shape index (κ3) is 4.57. The highest BCUT2D eigenvalue weighted by Crippen LogP contribution is 2.27. The number of aromatic nitrogens is 4. The molecule has 1 atom stereocenters. The number of thiazole rings is 1. The zero-order chi connectivity index (χ0) is 20.2. The number of methoxy groups -OCH3 is 1. The summed E-state index contributed by atoms with van der Waals surface area (Å²) in [4.78, 5) is 12.0. The van der Waals surface area contributed by atoms with Gasteiger partial charge in [-0.05, 0) is 44.0 Å². The van der Waals surface area contributed by atoms with Crippen molar-refractivity contribution >= 4 is 23.1 Å². The Kier molecular flexibility index (Phi) is 6.37. The molecule has 0 spiro atoms. The first kappa shape index (κ1) is 20.2. The first-order chi connectivity index (χ1) is 14.2. The van der Waals surface area contributed by atoms with Crippen molar-refractivity contribution in [2.24, 2.45) is 0 Å². The molecular weight excluding hydrogens is 408 g/mol. The van der Waals surface area contributed by atoms with Gasteiger partial charge in [-0.15, -0.1) is 10.2 Å². The summed E-state index contributed by atoms with van der Waals surface area (Å²) in [6, 6.07) is 7.85. The minimum Gasteiger partial charge on any atom is -0.497 e. The lowest BCUT2D eigenvalue weighted by molar-refractivity contribution is 0.0953. The summed E-state index contributed by atoms with van der Waals surface area (Å²) < 4.78 is 15.1. The fourth-order valence-electron chi connectivity index (χ4n) is 3.41. The predicted molar refractivity (Wildman–Crippen MR) is 115 cm³/mol. The largest absolute Gasteiger partial charge is 0.497 e. The second-order valence-corrected chi connectivity index (χ2v) is 8.81. The quantitative estimate of drug-likeness (QED) is 0.508. The molecule has 3 aromatic rings. The smallest absolute Gasteiger partial charge is 0.307 e. The summed E-state index contributed by atoms with van der Waals surface area (Å²) >= 11 is 2.87. The zero-order valence-electron chi connectivity index (χ0n) is 16.5. The van der Waals surface area contributed by atoms with Crippen LogP contribution in [0.25, 0.3) is 11.4 Å². The highest BCUT2D eigenvalue weighted by molar-refractivity contribution is 7.99. The van der Waals surface area contributed by atoms with Crippen LogP contribution in [-0.4, -0.2) is 44.9 Å². The van der Waals surface area contributed by atoms with Crippen LogP contribution in [0.15, 0.2) is 39.6 Å².